The fourth-order valence-electron chi connectivity index (χ4n) is 1.97. The maximum atomic E-state index is 11.9. The van der Waals surface area contributed by atoms with E-state index in [0.717, 1.165) is 25.8 Å². The van der Waals surface area contributed by atoms with E-state index in [1.54, 1.807) is 24.3 Å². The number of Topliss-reactive ketones (excluding diaryl/α,β-unsaturated/α-hetero) is 2. The SMILES string of the molecule is O=C(C(=O)C1CCCCN1)c1ccccc1. The third-order valence-electron chi connectivity index (χ3n) is 2.89. The van der Waals surface area contributed by atoms with Crippen LogP contribution in [0, 0.1) is 0 Å². The molecule has 0 saturated carbocycles. The maximum absolute atomic E-state index is 11.9. The van der Waals surface area contributed by atoms with Crippen molar-refractivity contribution in [3.05, 3.63) is 35.9 Å². The Bertz CT molecular complexity index is 380. The molecule has 0 spiro atoms. The van der Waals surface area contributed by atoms with E-state index in [9.17, 15) is 9.59 Å². The van der Waals surface area contributed by atoms with Crippen LogP contribution in [0.15, 0.2) is 30.3 Å². The summed E-state index contributed by atoms with van der Waals surface area (Å²) in [6.07, 6.45) is 2.88. The number of rotatable bonds is 3. The van der Waals surface area contributed by atoms with E-state index in [4.69, 9.17) is 0 Å². The number of carbonyl (C=O) groups excluding carboxylic acids is 2. The van der Waals surface area contributed by atoms with Gasteiger partial charge in [-0.15, -0.1) is 0 Å². The Morgan fingerprint density at radius 3 is 2.50 bits per heavy atom. The van der Waals surface area contributed by atoms with Gasteiger partial charge in [-0.1, -0.05) is 36.8 Å². The van der Waals surface area contributed by atoms with Crippen molar-refractivity contribution in [2.75, 3.05) is 6.54 Å². The van der Waals surface area contributed by atoms with Crippen molar-refractivity contribution in [3.8, 4) is 0 Å². The normalized spacial score (nSPS) is 20.4. The minimum absolute atomic E-state index is 0.276. The van der Waals surface area contributed by atoms with Gasteiger partial charge in [-0.2, -0.15) is 0 Å². The lowest BCUT2D eigenvalue weighted by molar-refractivity contribution is -0.117. The van der Waals surface area contributed by atoms with E-state index < -0.39 is 0 Å². The van der Waals surface area contributed by atoms with E-state index in [0.29, 0.717) is 5.56 Å². The van der Waals surface area contributed by atoms with Crippen LogP contribution in [-0.4, -0.2) is 24.2 Å². The van der Waals surface area contributed by atoms with Gasteiger partial charge in [0.25, 0.3) is 0 Å². The standard InChI is InChI=1S/C13H15NO2/c15-12(10-6-2-1-3-7-10)13(16)11-8-4-5-9-14-11/h1-3,6-7,11,14H,4-5,8-9H2. The van der Waals surface area contributed by atoms with Crippen LogP contribution in [0.25, 0.3) is 0 Å². The number of ketones is 2. The molecule has 1 aromatic carbocycles. The van der Waals surface area contributed by atoms with E-state index in [-0.39, 0.29) is 17.6 Å². The largest absolute Gasteiger partial charge is 0.307 e. The van der Waals surface area contributed by atoms with Gasteiger partial charge in [0.15, 0.2) is 0 Å². The molecular weight excluding hydrogens is 202 g/mol. The third kappa shape index (κ3) is 2.36. The molecule has 1 atom stereocenters. The molecule has 0 amide bonds. The minimum atomic E-state index is -0.375. The van der Waals surface area contributed by atoms with Gasteiger partial charge >= 0.3 is 0 Å². The summed E-state index contributed by atoms with van der Waals surface area (Å²) in [5.74, 6) is -0.675. The van der Waals surface area contributed by atoms with Crippen molar-refractivity contribution in [2.45, 2.75) is 25.3 Å². The van der Waals surface area contributed by atoms with E-state index in [2.05, 4.69) is 5.32 Å². The summed E-state index contributed by atoms with van der Waals surface area (Å²) in [7, 11) is 0. The molecule has 3 heteroatoms. The van der Waals surface area contributed by atoms with E-state index in [1.165, 1.54) is 0 Å². The minimum Gasteiger partial charge on any atom is -0.307 e. The van der Waals surface area contributed by atoms with Crippen molar-refractivity contribution < 1.29 is 9.59 Å². The van der Waals surface area contributed by atoms with Gasteiger partial charge in [0.2, 0.25) is 11.6 Å². The Labute approximate surface area is 94.9 Å². The summed E-state index contributed by atoms with van der Waals surface area (Å²) in [5, 5.41) is 3.10. The smallest absolute Gasteiger partial charge is 0.230 e. The van der Waals surface area contributed by atoms with Gasteiger partial charge in [-0.25, -0.2) is 0 Å². The molecule has 0 aliphatic carbocycles. The summed E-state index contributed by atoms with van der Waals surface area (Å²) in [5.41, 5.74) is 0.486. The molecule has 1 N–H and O–H groups in total. The molecule has 0 aromatic heterocycles. The molecule has 84 valence electrons. The monoisotopic (exact) mass is 217 g/mol. The zero-order chi connectivity index (χ0) is 11.4. The van der Waals surface area contributed by atoms with Crippen LogP contribution in [-0.2, 0) is 4.79 Å². The van der Waals surface area contributed by atoms with E-state index >= 15 is 0 Å². The molecule has 1 fully saturated rings. The van der Waals surface area contributed by atoms with Gasteiger partial charge in [0, 0.05) is 5.56 Å². The molecule has 0 bridgehead atoms. The molecule has 2 rings (SSSR count). The molecule has 1 unspecified atom stereocenters. The molecule has 1 aliphatic rings. The van der Waals surface area contributed by atoms with Crippen molar-refractivity contribution in [1.29, 1.82) is 0 Å². The zero-order valence-electron chi connectivity index (χ0n) is 9.11. The van der Waals surface area contributed by atoms with Crippen LogP contribution in [0.1, 0.15) is 29.6 Å². The highest BCUT2D eigenvalue weighted by Crippen LogP contribution is 2.11. The molecule has 1 aliphatic heterocycles. The third-order valence-corrected chi connectivity index (χ3v) is 2.89. The maximum Gasteiger partial charge on any atom is 0.230 e. The first-order chi connectivity index (χ1) is 7.79. The fraction of sp³-hybridized carbons (Fsp3) is 0.385. The quantitative estimate of drug-likeness (QED) is 0.617. The lowest BCUT2D eigenvalue weighted by Gasteiger charge is -2.21. The van der Waals surface area contributed by atoms with Crippen molar-refractivity contribution in [2.24, 2.45) is 0 Å². The van der Waals surface area contributed by atoms with Gasteiger partial charge in [-0.3, -0.25) is 9.59 Å². The summed E-state index contributed by atoms with van der Waals surface area (Å²) >= 11 is 0. The Morgan fingerprint density at radius 1 is 1.12 bits per heavy atom. The molecule has 0 radical (unpaired) electrons. The van der Waals surface area contributed by atoms with Crippen LogP contribution in [0.2, 0.25) is 0 Å². The predicted octanol–water partition coefficient (Wildman–Crippen LogP) is 1.58. The second-order valence-electron chi connectivity index (χ2n) is 4.06. The molecule has 1 saturated heterocycles. The average Bonchev–Trinajstić information content (AvgIpc) is 2.39. The number of hydrogen-bond donors (Lipinski definition) is 1. The summed E-state index contributed by atoms with van der Waals surface area (Å²) in [6, 6.07) is 8.47. The fourth-order valence-corrected chi connectivity index (χ4v) is 1.97. The van der Waals surface area contributed by atoms with Crippen molar-refractivity contribution in [3.63, 3.8) is 0 Å². The number of nitrogens with one attached hydrogen (secondary N) is 1. The summed E-state index contributed by atoms with van der Waals surface area (Å²) in [6.45, 7) is 0.832. The second kappa shape index (κ2) is 5.03. The zero-order valence-corrected chi connectivity index (χ0v) is 9.11. The highest BCUT2D eigenvalue weighted by molar-refractivity contribution is 6.45. The first-order valence-electron chi connectivity index (χ1n) is 5.66. The first-order valence-corrected chi connectivity index (χ1v) is 5.66. The Kier molecular flexibility index (Phi) is 3.47. The number of hydrogen-bond acceptors (Lipinski definition) is 3. The van der Waals surface area contributed by atoms with Gasteiger partial charge in [-0.05, 0) is 19.4 Å². The summed E-state index contributed by atoms with van der Waals surface area (Å²) < 4.78 is 0. The second-order valence-corrected chi connectivity index (χ2v) is 4.06. The topological polar surface area (TPSA) is 46.2 Å². The Morgan fingerprint density at radius 2 is 1.88 bits per heavy atom. The Balaban J connectivity index is 2.07. The van der Waals surface area contributed by atoms with Crippen LogP contribution >= 0.6 is 0 Å². The Hall–Kier alpha value is -1.48. The van der Waals surface area contributed by atoms with E-state index in [1.807, 2.05) is 6.07 Å². The van der Waals surface area contributed by atoms with Crippen LogP contribution in [0.4, 0.5) is 0 Å². The lowest BCUT2D eigenvalue weighted by Crippen LogP contribution is -2.43. The molecule has 1 heterocycles. The van der Waals surface area contributed by atoms with Crippen LogP contribution in [0.5, 0.6) is 0 Å². The van der Waals surface area contributed by atoms with Crippen molar-refractivity contribution >= 4 is 11.6 Å². The average molecular weight is 217 g/mol. The molecular formula is C13H15NO2. The van der Waals surface area contributed by atoms with Gasteiger partial charge in [0.1, 0.15) is 0 Å². The first kappa shape index (κ1) is 11.0. The highest BCUT2D eigenvalue weighted by Gasteiger charge is 2.26. The van der Waals surface area contributed by atoms with Crippen LogP contribution in [0.3, 0.4) is 0 Å². The van der Waals surface area contributed by atoms with Crippen molar-refractivity contribution in [1.82, 2.24) is 5.32 Å². The number of carbonyl (C=O) groups is 2. The molecule has 3 nitrogen and oxygen atoms in total. The number of benzene rings is 1. The number of piperidine rings is 1. The van der Waals surface area contributed by atoms with Gasteiger partial charge in [0.05, 0.1) is 6.04 Å². The molecule has 1 aromatic rings. The van der Waals surface area contributed by atoms with Crippen LogP contribution < -0.4 is 5.32 Å². The lowest BCUT2D eigenvalue weighted by atomic mass is 9.96. The predicted molar refractivity (Wildman–Crippen MR) is 61.4 cm³/mol. The highest BCUT2D eigenvalue weighted by atomic mass is 16.2. The summed E-state index contributed by atoms with van der Waals surface area (Å²) in [4.78, 5) is 23.7. The van der Waals surface area contributed by atoms with Gasteiger partial charge < -0.3 is 5.32 Å². The molecule has 16 heavy (non-hydrogen) atoms.